The molecule has 0 fully saturated rings. The lowest BCUT2D eigenvalue weighted by Gasteiger charge is -2.18. The van der Waals surface area contributed by atoms with Gasteiger partial charge >= 0.3 is 5.97 Å². The van der Waals surface area contributed by atoms with Gasteiger partial charge in [-0.3, -0.25) is 4.79 Å². The fourth-order valence-corrected chi connectivity index (χ4v) is 3.57. The molecule has 0 aromatic heterocycles. The number of halogens is 1. The highest BCUT2D eigenvalue weighted by molar-refractivity contribution is 6.30. The van der Waals surface area contributed by atoms with E-state index in [1.54, 1.807) is 18.2 Å². The molecule has 3 rings (SSSR count). The molecule has 0 aliphatic heterocycles. The molecule has 0 saturated heterocycles. The number of carbonyl (C=O) groups is 1. The van der Waals surface area contributed by atoms with Gasteiger partial charge in [-0.05, 0) is 67.3 Å². The molecule has 174 valence electrons. The van der Waals surface area contributed by atoms with Crippen LogP contribution in [0.2, 0.25) is 5.02 Å². The molecular weight excluding hydrogens is 440 g/mol. The van der Waals surface area contributed by atoms with Gasteiger partial charge in [-0.25, -0.2) is 0 Å². The molecule has 3 aromatic carbocycles. The number of aryl methyl sites for hydroxylation is 2. The fraction of sp³-hybridized carbons (Fsp3) is 0.296. The van der Waals surface area contributed by atoms with Crippen molar-refractivity contribution in [2.75, 3.05) is 6.61 Å². The smallest absolute Gasteiger partial charge is 0.303 e. The highest BCUT2D eigenvalue weighted by atomic mass is 35.5. The second-order valence-electron chi connectivity index (χ2n) is 7.75. The van der Waals surface area contributed by atoms with Crippen molar-refractivity contribution in [2.45, 2.75) is 45.6 Å². The van der Waals surface area contributed by atoms with Gasteiger partial charge in [0.25, 0.3) is 0 Å². The molecule has 0 aliphatic rings. The number of hydrogen-bond acceptors (Lipinski definition) is 4. The van der Waals surface area contributed by atoms with E-state index in [2.05, 4.69) is 6.92 Å². The van der Waals surface area contributed by atoms with Gasteiger partial charge in [-0.1, -0.05) is 42.8 Å². The van der Waals surface area contributed by atoms with Gasteiger partial charge in [0.15, 0.2) is 11.5 Å². The van der Waals surface area contributed by atoms with Crippen LogP contribution >= 0.6 is 11.6 Å². The monoisotopic (exact) mass is 468 g/mol. The van der Waals surface area contributed by atoms with Crippen molar-refractivity contribution in [3.05, 3.63) is 82.9 Å². The Kier molecular flexibility index (Phi) is 9.02. The van der Waals surface area contributed by atoms with Crippen LogP contribution in [-0.2, 0) is 17.6 Å². The third kappa shape index (κ3) is 7.72. The van der Waals surface area contributed by atoms with Crippen LogP contribution in [0.1, 0.15) is 37.8 Å². The summed E-state index contributed by atoms with van der Waals surface area (Å²) in [6.45, 7) is 4.50. The number of carboxylic acid groups (broad SMARTS) is 1. The number of para-hydroxylation sites is 1. The molecular formula is C27H29ClO5. The molecule has 33 heavy (non-hydrogen) atoms. The molecule has 6 heteroatoms. The molecule has 0 amide bonds. The SMILES string of the molecule is CCc1cc(OC(C)CCOc2ccc(Cl)cc2Oc2ccccc2)ccc1CCC(=O)O. The van der Waals surface area contributed by atoms with Crippen LogP contribution in [0.4, 0.5) is 0 Å². The highest BCUT2D eigenvalue weighted by Gasteiger charge is 2.11. The number of aliphatic carboxylic acids is 1. The zero-order chi connectivity index (χ0) is 23.6. The molecule has 0 heterocycles. The van der Waals surface area contributed by atoms with Crippen molar-refractivity contribution in [1.29, 1.82) is 0 Å². The summed E-state index contributed by atoms with van der Waals surface area (Å²) < 4.78 is 18.0. The maximum absolute atomic E-state index is 10.9. The van der Waals surface area contributed by atoms with Crippen molar-refractivity contribution in [1.82, 2.24) is 0 Å². The van der Waals surface area contributed by atoms with E-state index in [-0.39, 0.29) is 12.5 Å². The number of hydrogen-bond donors (Lipinski definition) is 1. The van der Waals surface area contributed by atoms with E-state index in [1.807, 2.05) is 55.5 Å². The van der Waals surface area contributed by atoms with E-state index in [1.165, 1.54) is 0 Å². The standard InChI is InChI=1S/C27H29ClO5/c1-3-20-17-24(12-9-21(20)10-14-27(29)30)32-19(2)15-16-31-25-13-11-22(28)18-26(25)33-23-7-5-4-6-8-23/h4-9,11-13,17-19H,3,10,14-16H2,1-2H3,(H,29,30). The first kappa shape index (κ1) is 24.5. The van der Waals surface area contributed by atoms with Crippen LogP contribution in [0.3, 0.4) is 0 Å². The van der Waals surface area contributed by atoms with Gasteiger partial charge in [0.05, 0.1) is 12.7 Å². The van der Waals surface area contributed by atoms with E-state index in [4.69, 9.17) is 30.9 Å². The second-order valence-corrected chi connectivity index (χ2v) is 8.19. The Morgan fingerprint density at radius 2 is 1.76 bits per heavy atom. The Hall–Kier alpha value is -3.18. The predicted octanol–water partition coefficient (Wildman–Crippen LogP) is 6.95. The zero-order valence-corrected chi connectivity index (χ0v) is 19.7. The first-order valence-corrected chi connectivity index (χ1v) is 11.5. The van der Waals surface area contributed by atoms with Crippen LogP contribution in [0.5, 0.6) is 23.0 Å². The van der Waals surface area contributed by atoms with Crippen molar-refractivity contribution in [2.24, 2.45) is 0 Å². The lowest BCUT2D eigenvalue weighted by atomic mass is 10.0. The topological polar surface area (TPSA) is 65.0 Å². The molecule has 5 nitrogen and oxygen atoms in total. The first-order valence-electron chi connectivity index (χ1n) is 11.1. The van der Waals surface area contributed by atoms with E-state index in [0.717, 1.165) is 23.3 Å². The largest absolute Gasteiger partial charge is 0.491 e. The molecule has 1 unspecified atom stereocenters. The molecule has 0 radical (unpaired) electrons. The van der Waals surface area contributed by atoms with Gasteiger partial charge in [0.2, 0.25) is 0 Å². The first-order chi connectivity index (χ1) is 15.9. The molecule has 0 spiro atoms. The summed E-state index contributed by atoms with van der Waals surface area (Å²) in [6, 6.07) is 20.7. The third-order valence-electron chi connectivity index (χ3n) is 5.16. The molecule has 0 saturated carbocycles. The Morgan fingerprint density at radius 1 is 0.970 bits per heavy atom. The predicted molar refractivity (Wildman–Crippen MR) is 130 cm³/mol. The van der Waals surface area contributed by atoms with Crippen LogP contribution in [0, 0.1) is 0 Å². The normalized spacial score (nSPS) is 11.6. The van der Waals surface area contributed by atoms with Crippen molar-refractivity contribution >= 4 is 17.6 Å². The zero-order valence-electron chi connectivity index (χ0n) is 18.9. The quantitative estimate of drug-likeness (QED) is 0.311. The van der Waals surface area contributed by atoms with Gasteiger partial charge in [0, 0.05) is 23.9 Å². The fourth-order valence-electron chi connectivity index (χ4n) is 3.41. The minimum atomic E-state index is -0.788. The maximum atomic E-state index is 10.9. The summed E-state index contributed by atoms with van der Waals surface area (Å²) in [5.41, 5.74) is 2.16. The Balaban J connectivity index is 1.55. The molecule has 0 aliphatic carbocycles. The Labute approximate surface area is 199 Å². The van der Waals surface area contributed by atoms with Crippen LogP contribution in [0.25, 0.3) is 0 Å². The molecule has 1 N–H and O–H groups in total. The summed E-state index contributed by atoms with van der Waals surface area (Å²) in [5, 5.41) is 9.50. The summed E-state index contributed by atoms with van der Waals surface area (Å²) in [5.74, 6) is 1.88. The minimum absolute atomic E-state index is 0.0645. The van der Waals surface area contributed by atoms with Gasteiger partial charge < -0.3 is 19.3 Å². The number of carboxylic acids is 1. The second kappa shape index (κ2) is 12.2. The van der Waals surface area contributed by atoms with E-state index in [0.29, 0.717) is 41.7 Å². The Morgan fingerprint density at radius 3 is 2.48 bits per heavy atom. The van der Waals surface area contributed by atoms with E-state index in [9.17, 15) is 4.79 Å². The average molecular weight is 469 g/mol. The number of benzene rings is 3. The van der Waals surface area contributed by atoms with Gasteiger partial charge in [0.1, 0.15) is 11.5 Å². The molecule has 1 atom stereocenters. The maximum Gasteiger partial charge on any atom is 0.303 e. The van der Waals surface area contributed by atoms with Crippen molar-refractivity contribution in [3.8, 4) is 23.0 Å². The van der Waals surface area contributed by atoms with Gasteiger partial charge in [-0.15, -0.1) is 0 Å². The summed E-state index contributed by atoms with van der Waals surface area (Å²) in [4.78, 5) is 10.9. The van der Waals surface area contributed by atoms with E-state index < -0.39 is 5.97 Å². The van der Waals surface area contributed by atoms with Crippen molar-refractivity contribution < 1.29 is 24.1 Å². The summed E-state index contributed by atoms with van der Waals surface area (Å²) >= 11 is 6.14. The van der Waals surface area contributed by atoms with Crippen LogP contribution < -0.4 is 14.2 Å². The van der Waals surface area contributed by atoms with Crippen molar-refractivity contribution in [3.63, 3.8) is 0 Å². The number of rotatable bonds is 12. The summed E-state index contributed by atoms with van der Waals surface area (Å²) in [7, 11) is 0. The average Bonchev–Trinajstić information content (AvgIpc) is 2.80. The number of ether oxygens (including phenoxy) is 3. The van der Waals surface area contributed by atoms with Gasteiger partial charge in [-0.2, -0.15) is 0 Å². The highest BCUT2D eigenvalue weighted by Crippen LogP contribution is 2.34. The molecule has 0 bridgehead atoms. The molecule has 3 aromatic rings. The van der Waals surface area contributed by atoms with Crippen LogP contribution in [0.15, 0.2) is 66.7 Å². The summed E-state index contributed by atoms with van der Waals surface area (Å²) in [6.07, 6.45) is 2.09. The van der Waals surface area contributed by atoms with E-state index >= 15 is 0 Å². The third-order valence-corrected chi connectivity index (χ3v) is 5.40. The Bertz CT molecular complexity index is 1050. The lowest BCUT2D eigenvalue weighted by molar-refractivity contribution is -0.136. The lowest BCUT2D eigenvalue weighted by Crippen LogP contribution is -2.16. The van der Waals surface area contributed by atoms with Crippen LogP contribution in [-0.4, -0.2) is 23.8 Å². The minimum Gasteiger partial charge on any atom is -0.491 e.